The lowest BCUT2D eigenvalue weighted by Crippen LogP contribution is -2.34. The van der Waals surface area contributed by atoms with E-state index in [4.69, 9.17) is 0 Å². The van der Waals surface area contributed by atoms with Crippen molar-refractivity contribution >= 4 is 17.3 Å². The number of hydrogen-bond acceptors (Lipinski definition) is 3. The highest BCUT2D eigenvalue weighted by molar-refractivity contribution is 6.02. The summed E-state index contributed by atoms with van der Waals surface area (Å²) in [6.07, 6.45) is 0.984. The molecule has 2 N–H and O–H groups in total. The van der Waals surface area contributed by atoms with Crippen LogP contribution in [-0.2, 0) is 16.6 Å². The minimum absolute atomic E-state index is 0.0829. The molecule has 0 saturated heterocycles. The van der Waals surface area contributed by atoms with Crippen molar-refractivity contribution < 1.29 is 18.0 Å². The summed E-state index contributed by atoms with van der Waals surface area (Å²) < 4.78 is 41.4. The summed E-state index contributed by atoms with van der Waals surface area (Å²) in [4.78, 5) is 17.0. The Hall–Kier alpha value is -2.57. The monoisotopic (exact) mass is 347 g/mol. The zero-order valence-corrected chi connectivity index (χ0v) is 13.3. The highest BCUT2D eigenvalue weighted by Gasteiger charge is 2.77. The number of halogens is 3. The van der Waals surface area contributed by atoms with Crippen LogP contribution < -0.4 is 10.6 Å². The Morgan fingerprint density at radius 1 is 1.16 bits per heavy atom. The van der Waals surface area contributed by atoms with Gasteiger partial charge in [0.1, 0.15) is 5.82 Å². The standard InChI is InChI=1S/C18H16F3N3O/c19-11-3-5-12(6-4-11)23-16(25)17(10-18(17,20)21)15-8-7-13-14(24-15)2-1-9-22-13/h3-8,22H,1-2,9-10H2,(H,23,25). The Balaban J connectivity index is 1.66. The summed E-state index contributed by atoms with van der Waals surface area (Å²) in [6.45, 7) is 0.820. The number of aryl methyl sites for hydroxylation is 1. The molecule has 1 aliphatic carbocycles. The zero-order chi connectivity index (χ0) is 17.7. The Kier molecular flexibility index (Phi) is 3.49. The fourth-order valence-electron chi connectivity index (χ4n) is 3.27. The number of amides is 1. The van der Waals surface area contributed by atoms with Crippen LogP contribution in [0.15, 0.2) is 36.4 Å². The predicted octanol–water partition coefficient (Wildman–Crippen LogP) is 3.49. The summed E-state index contributed by atoms with van der Waals surface area (Å²) in [5, 5.41) is 5.64. The molecular formula is C18H16F3N3O. The van der Waals surface area contributed by atoms with Gasteiger partial charge in [0, 0.05) is 18.7 Å². The summed E-state index contributed by atoms with van der Waals surface area (Å²) >= 11 is 0. The van der Waals surface area contributed by atoms with E-state index in [-0.39, 0.29) is 11.4 Å². The molecule has 1 aromatic carbocycles. The minimum Gasteiger partial charge on any atom is -0.384 e. The van der Waals surface area contributed by atoms with Gasteiger partial charge in [-0.3, -0.25) is 9.78 Å². The number of alkyl halides is 2. The van der Waals surface area contributed by atoms with Gasteiger partial charge in [-0.1, -0.05) is 0 Å². The highest BCUT2D eigenvalue weighted by atomic mass is 19.3. The number of anilines is 2. The number of carbonyl (C=O) groups excluding carboxylic acids is 1. The van der Waals surface area contributed by atoms with Crippen LogP contribution in [0.2, 0.25) is 0 Å². The van der Waals surface area contributed by atoms with Crippen LogP contribution in [0.1, 0.15) is 24.2 Å². The van der Waals surface area contributed by atoms with E-state index in [0.717, 1.165) is 30.8 Å². The fraction of sp³-hybridized carbons (Fsp3) is 0.333. The van der Waals surface area contributed by atoms with Gasteiger partial charge in [-0.15, -0.1) is 0 Å². The molecule has 130 valence electrons. The lowest BCUT2D eigenvalue weighted by atomic mass is 9.97. The largest absolute Gasteiger partial charge is 0.384 e. The summed E-state index contributed by atoms with van der Waals surface area (Å²) in [5.41, 5.74) is -0.0745. The lowest BCUT2D eigenvalue weighted by molar-refractivity contribution is -0.121. The Labute approximate surface area is 142 Å². The zero-order valence-electron chi connectivity index (χ0n) is 13.3. The molecule has 0 spiro atoms. The molecule has 7 heteroatoms. The maximum atomic E-state index is 14.2. The van der Waals surface area contributed by atoms with Gasteiger partial charge >= 0.3 is 0 Å². The van der Waals surface area contributed by atoms with Crippen molar-refractivity contribution in [2.75, 3.05) is 17.2 Å². The van der Waals surface area contributed by atoms with E-state index in [1.165, 1.54) is 18.2 Å². The van der Waals surface area contributed by atoms with Gasteiger partial charge in [0.25, 0.3) is 5.92 Å². The first kappa shape index (κ1) is 15.9. The van der Waals surface area contributed by atoms with Crippen molar-refractivity contribution in [1.29, 1.82) is 0 Å². The molecule has 4 rings (SSSR count). The molecule has 1 atom stereocenters. The molecule has 1 aromatic heterocycles. The third-order valence-electron chi connectivity index (χ3n) is 4.79. The van der Waals surface area contributed by atoms with Crippen LogP contribution in [0.3, 0.4) is 0 Å². The van der Waals surface area contributed by atoms with Crippen LogP contribution in [0.25, 0.3) is 0 Å². The van der Waals surface area contributed by atoms with Crippen molar-refractivity contribution in [3.63, 3.8) is 0 Å². The van der Waals surface area contributed by atoms with Gasteiger partial charge in [0.05, 0.1) is 17.1 Å². The number of nitrogens with zero attached hydrogens (tertiary/aromatic N) is 1. The second-order valence-corrected chi connectivity index (χ2v) is 6.47. The minimum atomic E-state index is -3.15. The van der Waals surface area contributed by atoms with E-state index in [1.807, 2.05) is 0 Å². The second-order valence-electron chi connectivity index (χ2n) is 6.47. The first-order chi connectivity index (χ1) is 11.9. The van der Waals surface area contributed by atoms with E-state index in [9.17, 15) is 18.0 Å². The Morgan fingerprint density at radius 3 is 2.56 bits per heavy atom. The van der Waals surface area contributed by atoms with Crippen LogP contribution in [0, 0.1) is 5.82 Å². The molecule has 0 bridgehead atoms. The predicted molar refractivity (Wildman–Crippen MR) is 87.3 cm³/mol. The normalized spacial score (nSPS) is 23.3. The van der Waals surface area contributed by atoms with Crippen molar-refractivity contribution in [3.05, 3.63) is 53.6 Å². The maximum Gasteiger partial charge on any atom is 0.269 e. The molecule has 1 aliphatic heterocycles. The van der Waals surface area contributed by atoms with Gasteiger partial charge in [-0.25, -0.2) is 13.2 Å². The van der Waals surface area contributed by atoms with Crippen LogP contribution >= 0.6 is 0 Å². The number of fused-ring (bicyclic) bond motifs is 1. The molecular weight excluding hydrogens is 331 g/mol. The number of nitrogens with one attached hydrogen (secondary N) is 2. The summed E-state index contributed by atoms with van der Waals surface area (Å²) in [6, 6.07) is 8.20. The first-order valence-electron chi connectivity index (χ1n) is 8.11. The molecule has 2 aromatic rings. The SMILES string of the molecule is O=C(Nc1ccc(F)cc1)C1(c2ccc3c(n2)CCCN3)CC1(F)F. The number of hydrogen-bond donors (Lipinski definition) is 2. The van der Waals surface area contributed by atoms with Crippen molar-refractivity contribution in [2.24, 2.45) is 0 Å². The lowest BCUT2D eigenvalue weighted by Gasteiger charge is -2.21. The number of carbonyl (C=O) groups is 1. The molecule has 2 heterocycles. The molecule has 25 heavy (non-hydrogen) atoms. The van der Waals surface area contributed by atoms with E-state index in [1.54, 1.807) is 6.07 Å². The van der Waals surface area contributed by atoms with Crippen molar-refractivity contribution in [3.8, 4) is 0 Å². The average molecular weight is 347 g/mol. The molecule has 2 aliphatic rings. The molecule has 1 amide bonds. The quantitative estimate of drug-likeness (QED) is 0.894. The number of aromatic nitrogens is 1. The van der Waals surface area contributed by atoms with Gasteiger partial charge in [0.2, 0.25) is 5.91 Å². The smallest absolute Gasteiger partial charge is 0.269 e. The maximum absolute atomic E-state index is 14.2. The fourth-order valence-corrected chi connectivity index (χ4v) is 3.27. The first-order valence-corrected chi connectivity index (χ1v) is 8.11. The van der Waals surface area contributed by atoms with Gasteiger partial charge in [0.15, 0.2) is 5.41 Å². The molecule has 1 unspecified atom stereocenters. The number of benzene rings is 1. The van der Waals surface area contributed by atoms with Crippen LogP contribution in [-0.4, -0.2) is 23.4 Å². The Morgan fingerprint density at radius 2 is 1.88 bits per heavy atom. The summed E-state index contributed by atoms with van der Waals surface area (Å²) in [5.74, 6) is -4.44. The van der Waals surface area contributed by atoms with Gasteiger partial charge < -0.3 is 10.6 Å². The highest BCUT2D eigenvalue weighted by Crippen LogP contribution is 2.61. The van der Waals surface area contributed by atoms with Crippen molar-refractivity contribution in [2.45, 2.75) is 30.6 Å². The topological polar surface area (TPSA) is 54.0 Å². The summed E-state index contributed by atoms with van der Waals surface area (Å²) in [7, 11) is 0. The molecule has 1 fully saturated rings. The van der Waals surface area contributed by atoms with E-state index >= 15 is 0 Å². The molecule has 0 radical (unpaired) electrons. The van der Waals surface area contributed by atoms with E-state index in [2.05, 4.69) is 15.6 Å². The molecule has 1 saturated carbocycles. The number of pyridine rings is 1. The van der Waals surface area contributed by atoms with E-state index in [0.29, 0.717) is 12.1 Å². The van der Waals surface area contributed by atoms with Gasteiger partial charge in [-0.2, -0.15) is 0 Å². The second kappa shape index (κ2) is 5.47. The van der Waals surface area contributed by atoms with Crippen molar-refractivity contribution in [1.82, 2.24) is 4.98 Å². The van der Waals surface area contributed by atoms with E-state index < -0.39 is 29.5 Å². The average Bonchev–Trinajstić information content (AvgIpc) is 3.20. The third-order valence-corrected chi connectivity index (χ3v) is 4.79. The van der Waals surface area contributed by atoms with Crippen LogP contribution in [0.4, 0.5) is 24.5 Å². The Bertz CT molecular complexity index is 838. The number of rotatable bonds is 3. The van der Waals surface area contributed by atoms with Gasteiger partial charge in [-0.05, 0) is 49.2 Å². The molecule has 4 nitrogen and oxygen atoms in total. The third kappa shape index (κ3) is 2.54. The van der Waals surface area contributed by atoms with Crippen LogP contribution in [0.5, 0.6) is 0 Å².